The van der Waals surface area contributed by atoms with Crippen LogP contribution in [0, 0.1) is 0 Å². The van der Waals surface area contributed by atoms with Gasteiger partial charge in [-0.3, -0.25) is 0 Å². The maximum Gasteiger partial charge on any atom is 0.408 e. The fourth-order valence-corrected chi connectivity index (χ4v) is 1.73. The molecule has 0 aliphatic carbocycles. The highest BCUT2D eigenvalue weighted by molar-refractivity contribution is 5.83. The number of nitrogens with zero attached hydrogens (tertiary/aromatic N) is 3. The maximum atomic E-state index is 11.9. The Labute approximate surface area is 136 Å². The third kappa shape index (κ3) is 5.54. The molecule has 1 amide bonds. The molecule has 130 valence electrons. The highest BCUT2D eigenvalue weighted by atomic mass is 16.6. The van der Waals surface area contributed by atoms with Gasteiger partial charge in [0.25, 0.3) is 0 Å². The predicted molar refractivity (Wildman–Crippen MR) is 84.1 cm³/mol. The molecule has 0 fully saturated rings. The highest BCUT2D eigenvalue weighted by Gasteiger charge is 2.37. The normalized spacial score (nSPS) is 14.9. The van der Waals surface area contributed by atoms with E-state index in [1.165, 1.54) is 17.9 Å². The zero-order chi connectivity index (χ0) is 18.1. The molecule has 1 heterocycles. The summed E-state index contributed by atoms with van der Waals surface area (Å²) in [6.07, 6.45) is 0.664. The lowest BCUT2D eigenvalue weighted by Gasteiger charge is -2.28. The number of carboxylic acid groups (broad SMARTS) is 1. The molecular weight excluding hydrogens is 300 g/mol. The van der Waals surface area contributed by atoms with Crippen LogP contribution in [-0.4, -0.2) is 43.1 Å². The average molecular weight is 326 g/mol. The van der Waals surface area contributed by atoms with Gasteiger partial charge < -0.3 is 15.2 Å². The van der Waals surface area contributed by atoms with E-state index in [4.69, 9.17) is 4.74 Å². The first-order valence-electron chi connectivity index (χ1n) is 7.37. The monoisotopic (exact) mass is 326 g/mol. The van der Waals surface area contributed by atoms with Crippen LogP contribution in [0.2, 0.25) is 0 Å². The number of alkyl carbamates (subject to hydrolysis) is 1. The van der Waals surface area contributed by atoms with Crippen LogP contribution >= 0.6 is 0 Å². The predicted octanol–water partition coefficient (Wildman–Crippen LogP) is 1.94. The second-order valence-electron chi connectivity index (χ2n) is 7.78. The van der Waals surface area contributed by atoms with Crippen LogP contribution in [0.15, 0.2) is 6.33 Å². The Morgan fingerprint density at radius 1 is 1.22 bits per heavy atom. The molecule has 0 saturated heterocycles. The lowest BCUT2D eigenvalue weighted by atomic mass is 9.96. The van der Waals surface area contributed by atoms with E-state index in [1.807, 2.05) is 20.8 Å². The van der Waals surface area contributed by atoms with Crippen molar-refractivity contribution in [3.05, 3.63) is 12.2 Å². The van der Waals surface area contributed by atoms with Gasteiger partial charge in [0.2, 0.25) is 0 Å². The molecule has 0 aliphatic heterocycles. The number of amides is 1. The molecule has 8 nitrogen and oxygen atoms in total. The molecule has 0 spiro atoms. The molecule has 1 unspecified atom stereocenters. The van der Waals surface area contributed by atoms with Crippen LogP contribution in [0.25, 0.3) is 0 Å². The summed E-state index contributed by atoms with van der Waals surface area (Å²) < 4.78 is 6.53. The van der Waals surface area contributed by atoms with E-state index >= 15 is 0 Å². The van der Waals surface area contributed by atoms with Gasteiger partial charge in [0.1, 0.15) is 11.9 Å². The van der Waals surface area contributed by atoms with Crippen LogP contribution in [0.1, 0.15) is 54.3 Å². The zero-order valence-electron chi connectivity index (χ0n) is 14.8. The summed E-state index contributed by atoms with van der Waals surface area (Å²) in [7, 11) is 0. The lowest BCUT2D eigenvalue weighted by Crippen LogP contribution is -2.56. The molecule has 0 aromatic carbocycles. The van der Waals surface area contributed by atoms with Crippen molar-refractivity contribution in [1.29, 1.82) is 0 Å². The SMILES string of the molecule is CC(C)(C)OC(=O)NC(C)(Cn1cnc(C(C)(C)C)n1)C(=O)O. The Morgan fingerprint density at radius 3 is 2.17 bits per heavy atom. The first-order chi connectivity index (χ1) is 10.2. The number of carboxylic acids is 1. The third-order valence-electron chi connectivity index (χ3n) is 2.93. The van der Waals surface area contributed by atoms with E-state index in [1.54, 1.807) is 20.8 Å². The number of carbonyl (C=O) groups is 2. The molecule has 1 aromatic rings. The molecule has 23 heavy (non-hydrogen) atoms. The molecule has 1 aromatic heterocycles. The van der Waals surface area contributed by atoms with E-state index in [0.29, 0.717) is 5.82 Å². The van der Waals surface area contributed by atoms with Gasteiger partial charge in [-0.1, -0.05) is 20.8 Å². The molecule has 8 heteroatoms. The van der Waals surface area contributed by atoms with Crippen molar-refractivity contribution in [3.8, 4) is 0 Å². The standard InChI is InChI=1S/C15H26N4O4/c1-13(2,3)10-16-9-19(18-10)8-15(7,11(20)21)17-12(22)23-14(4,5)6/h9H,8H2,1-7H3,(H,17,22)(H,20,21). The summed E-state index contributed by atoms with van der Waals surface area (Å²) >= 11 is 0. The van der Waals surface area contributed by atoms with Crippen LogP contribution in [-0.2, 0) is 21.5 Å². The smallest absolute Gasteiger partial charge is 0.408 e. The number of hydrogen-bond donors (Lipinski definition) is 2. The number of rotatable bonds is 4. The van der Waals surface area contributed by atoms with Crippen molar-refractivity contribution < 1.29 is 19.4 Å². The van der Waals surface area contributed by atoms with Crippen molar-refractivity contribution in [1.82, 2.24) is 20.1 Å². The summed E-state index contributed by atoms with van der Waals surface area (Å²) in [5.74, 6) is -0.585. The molecule has 1 rings (SSSR count). The van der Waals surface area contributed by atoms with E-state index in [0.717, 1.165) is 0 Å². The first kappa shape index (κ1) is 18.9. The summed E-state index contributed by atoms with van der Waals surface area (Å²) in [4.78, 5) is 27.7. The molecule has 1 atom stereocenters. The summed E-state index contributed by atoms with van der Waals surface area (Å²) in [5, 5.41) is 16.2. The summed E-state index contributed by atoms with van der Waals surface area (Å²) in [6, 6.07) is 0. The zero-order valence-corrected chi connectivity index (χ0v) is 14.8. The maximum absolute atomic E-state index is 11.9. The van der Waals surface area contributed by atoms with Gasteiger partial charge in [-0.25, -0.2) is 19.3 Å². The largest absolute Gasteiger partial charge is 0.479 e. The van der Waals surface area contributed by atoms with Gasteiger partial charge in [0.15, 0.2) is 11.4 Å². The Bertz CT molecular complexity index is 583. The van der Waals surface area contributed by atoms with Gasteiger partial charge in [-0.15, -0.1) is 0 Å². The molecule has 0 aliphatic rings. The topological polar surface area (TPSA) is 106 Å². The van der Waals surface area contributed by atoms with Crippen molar-refractivity contribution in [3.63, 3.8) is 0 Å². The second kappa shape index (κ2) is 6.17. The molecule has 0 radical (unpaired) electrons. The van der Waals surface area contributed by atoms with Crippen LogP contribution in [0.4, 0.5) is 4.79 Å². The minimum absolute atomic E-state index is 0.0648. The minimum Gasteiger partial charge on any atom is -0.479 e. The van der Waals surface area contributed by atoms with Crippen molar-refractivity contribution >= 4 is 12.1 Å². The number of carbonyl (C=O) groups excluding carboxylic acids is 1. The average Bonchev–Trinajstić information content (AvgIpc) is 2.73. The fraction of sp³-hybridized carbons (Fsp3) is 0.733. The third-order valence-corrected chi connectivity index (χ3v) is 2.93. The first-order valence-corrected chi connectivity index (χ1v) is 7.37. The van der Waals surface area contributed by atoms with Gasteiger partial charge in [0.05, 0.1) is 6.54 Å². The number of hydrogen-bond acceptors (Lipinski definition) is 5. The van der Waals surface area contributed by atoms with Crippen molar-refractivity contribution in [2.45, 2.75) is 71.6 Å². The van der Waals surface area contributed by atoms with E-state index < -0.39 is 23.2 Å². The van der Waals surface area contributed by atoms with E-state index in [9.17, 15) is 14.7 Å². The van der Waals surface area contributed by atoms with Crippen LogP contribution in [0.3, 0.4) is 0 Å². The van der Waals surface area contributed by atoms with Gasteiger partial charge in [-0.05, 0) is 27.7 Å². The Morgan fingerprint density at radius 2 is 1.78 bits per heavy atom. The van der Waals surface area contributed by atoms with Crippen molar-refractivity contribution in [2.75, 3.05) is 0 Å². The van der Waals surface area contributed by atoms with Crippen molar-refractivity contribution in [2.24, 2.45) is 0 Å². The number of nitrogens with one attached hydrogen (secondary N) is 1. The van der Waals surface area contributed by atoms with Crippen LogP contribution in [0.5, 0.6) is 0 Å². The minimum atomic E-state index is -1.56. The quantitative estimate of drug-likeness (QED) is 0.876. The Kier molecular flexibility index (Phi) is 5.08. The summed E-state index contributed by atoms with van der Waals surface area (Å²) in [5.41, 5.74) is -2.52. The van der Waals surface area contributed by atoms with Gasteiger partial charge in [0, 0.05) is 5.41 Å². The number of ether oxygens (including phenoxy) is 1. The molecule has 0 bridgehead atoms. The van der Waals surface area contributed by atoms with Gasteiger partial charge in [-0.2, -0.15) is 5.10 Å². The fourth-order valence-electron chi connectivity index (χ4n) is 1.73. The Hall–Kier alpha value is -2.12. The highest BCUT2D eigenvalue weighted by Crippen LogP contribution is 2.18. The lowest BCUT2D eigenvalue weighted by molar-refractivity contribution is -0.144. The van der Waals surface area contributed by atoms with E-state index in [2.05, 4.69) is 15.4 Å². The summed E-state index contributed by atoms with van der Waals surface area (Å²) in [6.45, 7) is 12.3. The second-order valence-corrected chi connectivity index (χ2v) is 7.78. The molecule has 2 N–H and O–H groups in total. The molecular formula is C15H26N4O4. The van der Waals surface area contributed by atoms with Crippen LogP contribution < -0.4 is 5.32 Å². The molecule has 0 saturated carbocycles. The van der Waals surface area contributed by atoms with Gasteiger partial charge >= 0.3 is 12.1 Å². The Balaban J connectivity index is 2.91. The number of aromatic nitrogens is 3. The number of aliphatic carboxylic acids is 1. The van der Waals surface area contributed by atoms with E-state index in [-0.39, 0.29) is 12.0 Å².